The summed E-state index contributed by atoms with van der Waals surface area (Å²) in [5, 5.41) is 3.09. The molecule has 3 rings (SSSR count). The van der Waals surface area contributed by atoms with Crippen LogP contribution in [0.4, 0.5) is 5.69 Å². The Hall–Kier alpha value is -1.43. The molecule has 0 spiro atoms. The van der Waals surface area contributed by atoms with Crippen LogP contribution in [-0.4, -0.2) is 68.2 Å². The first-order valence-corrected chi connectivity index (χ1v) is 9.00. The predicted octanol–water partition coefficient (Wildman–Crippen LogP) is 1.90. The zero-order valence-electron chi connectivity index (χ0n) is 14.9. The fourth-order valence-electron chi connectivity index (χ4n) is 3.62. The molecule has 24 heavy (non-hydrogen) atoms. The molecule has 1 aromatic rings. The van der Waals surface area contributed by atoms with E-state index in [-0.39, 0.29) is 5.91 Å². The first-order valence-electron chi connectivity index (χ1n) is 9.00. The van der Waals surface area contributed by atoms with Crippen LogP contribution in [0.3, 0.4) is 0 Å². The average molecular weight is 331 g/mol. The molecule has 0 aromatic heterocycles. The standard InChI is InChI=1S/C19H29N3O2/c1-15-4-3-5-16(2)19(15)20-18(23)13-22-9-7-21(8-10-22)12-17-6-11-24-14-17/h3-5,17H,6-14H2,1-2H3,(H,20,23)/t17-/m0/s1. The molecule has 0 radical (unpaired) electrons. The van der Waals surface area contributed by atoms with Gasteiger partial charge in [-0.2, -0.15) is 0 Å². The highest BCUT2D eigenvalue weighted by Crippen LogP contribution is 2.19. The minimum Gasteiger partial charge on any atom is -0.381 e. The summed E-state index contributed by atoms with van der Waals surface area (Å²) < 4.78 is 5.46. The summed E-state index contributed by atoms with van der Waals surface area (Å²) in [5.41, 5.74) is 3.20. The highest BCUT2D eigenvalue weighted by molar-refractivity contribution is 5.93. The number of benzene rings is 1. The van der Waals surface area contributed by atoms with Crippen molar-refractivity contribution in [2.75, 3.05) is 57.8 Å². The van der Waals surface area contributed by atoms with Crippen molar-refractivity contribution in [2.45, 2.75) is 20.3 Å². The van der Waals surface area contributed by atoms with E-state index in [0.717, 1.165) is 62.8 Å². The number of anilines is 1. The molecule has 2 saturated heterocycles. The fraction of sp³-hybridized carbons (Fsp3) is 0.632. The quantitative estimate of drug-likeness (QED) is 0.895. The molecule has 0 bridgehead atoms. The summed E-state index contributed by atoms with van der Waals surface area (Å²) in [4.78, 5) is 17.1. The molecular formula is C19H29N3O2. The van der Waals surface area contributed by atoms with Gasteiger partial charge in [0.25, 0.3) is 0 Å². The number of nitrogens with one attached hydrogen (secondary N) is 1. The molecule has 0 unspecified atom stereocenters. The Morgan fingerprint density at radius 2 is 1.83 bits per heavy atom. The number of hydrogen-bond acceptors (Lipinski definition) is 4. The maximum Gasteiger partial charge on any atom is 0.238 e. The van der Waals surface area contributed by atoms with Crippen molar-refractivity contribution in [1.82, 2.24) is 9.80 Å². The number of nitrogens with zero attached hydrogens (tertiary/aromatic N) is 2. The van der Waals surface area contributed by atoms with Crippen molar-refractivity contribution in [3.63, 3.8) is 0 Å². The normalized spacial score (nSPS) is 22.7. The van der Waals surface area contributed by atoms with Crippen LogP contribution in [0.5, 0.6) is 0 Å². The van der Waals surface area contributed by atoms with Gasteiger partial charge in [-0.05, 0) is 37.3 Å². The minimum atomic E-state index is 0.0880. The third kappa shape index (κ3) is 4.56. The predicted molar refractivity (Wildman–Crippen MR) is 96.4 cm³/mol. The minimum absolute atomic E-state index is 0.0880. The lowest BCUT2D eigenvalue weighted by Crippen LogP contribution is -2.49. The number of carbonyl (C=O) groups excluding carboxylic acids is 1. The van der Waals surface area contributed by atoms with Crippen LogP contribution in [0.25, 0.3) is 0 Å². The summed E-state index contributed by atoms with van der Waals surface area (Å²) >= 11 is 0. The number of aryl methyl sites for hydroxylation is 2. The Morgan fingerprint density at radius 1 is 1.17 bits per heavy atom. The fourth-order valence-corrected chi connectivity index (χ4v) is 3.62. The number of amides is 1. The monoisotopic (exact) mass is 331 g/mol. The van der Waals surface area contributed by atoms with E-state index in [4.69, 9.17) is 4.74 Å². The molecule has 132 valence electrons. The maximum absolute atomic E-state index is 12.4. The molecule has 5 heteroatoms. The number of ether oxygens (including phenoxy) is 1. The lowest BCUT2D eigenvalue weighted by atomic mass is 10.1. The van der Waals surface area contributed by atoms with Gasteiger partial charge in [0.2, 0.25) is 5.91 Å². The molecule has 2 heterocycles. The Labute approximate surface area is 145 Å². The van der Waals surface area contributed by atoms with Crippen LogP contribution in [0.1, 0.15) is 17.5 Å². The largest absolute Gasteiger partial charge is 0.381 e. The number of para-hydroxylation sites is 1. The Bertz CT molecular complexity index is 541. The molecule has 1 atom stereocenters. The van der Waals surface area contributed by atoms with Gasteiger partial charge in [-0.1, -0.05) is 18.2 Å². The number of rotatable bonds is 5. The van der Waals surface area contributed by atoms with Gasteiger partial charge in [-0.15, -0.1) is 0 Å². The molecule has 5 nitrogen and oxygen atoms in total. The molecule has 1 amide bonds. The van der Waals surface area contributed by atoms with Crippen molar-refractivity contribution >= 4 is 11.6 Å². The van der Waals surface area contributed by atoms with E-state index in [1.54, 1.807) is 0 Å². The summed E-state index contributed by atoms with van der Waals surface area (Å²) in [6.45, 7) is 11.6. The summed E-state index contributed by atoms with van der Waals surface area (Å²) in [6, 6.07) is 6.09. The summed E-state index contributed by atoms with van der Waals surface area (Å²) in [6.07, 6.45) is 1.19. The van der Waals surface area contributed by atoms with Gasteiger partial charge in [0, 0.05) is 45.0 Å². The molecule has 2 aliphatic heterocycles. The molecule has 0 aliphatic carbocycles. The van der Waals surface area contributed by atoms with Crippen molar-refractivity contribution in [2.24, 2.45) is 5.92 Å². The van der Waals surface area contributed by atoms with Gasteiger partial charge in [-0.3, -0.25) is 9.69 Å². The summed E-state index contributed by atoms with van der Waals surface area (Å²) in [5.74, 6) is 0.786. The van der Waals surface area contributed by atoms with E-state index in [2.05, 4.69) is 15.1 Å². The highest BCUT2D eigenvalue weighted by Gasteiger charge is 2.23. The number of hydrogen-bond donors (Lipinski definition) is 1. The van der Waals surface area contributed by atoms with E-state index in [9.17, 15) is 4.79 Å². The molecule has 2 fully saturated rings. The van der Waals surface area contributed by atoms with Crippen molar-refractivity contribution < 1.29 is 9.53 Å². The van der Waals surface area contributed by atoms with E-state index in [0.29, 0.717) is 12.5 Å². The molecular weight excluding hydrogens is 302 g/mol. The molecule has 1 aromatic carbocycles. The Balaban J connectivity index is 1.43. The Kier molecular flexibility index (Phi) is 5.87. The lowest BCUT2D eigenvalue weighted by molar-refractivity contribution is -0.117. The van der Waals surface area contributed by atoms with Crippen LogP contribution in [0.15, 0.2) is 18.2 Å². The van der Waals surface area contributed by atoms with Crippen molar-refractivity contribution in [3.8, 4) is 0 Å². The van der Waals surface area contributed by atoms with Crippen LogP contribution in [0.2, 0.25) is 0 Å². The first kappa shape index (κ1) is 17.4. The van der Waals surface area contributed by atoms with Gasteiger partial charge in [0.15, 0.2) is 0 Å². The third-order valence-corrected chi connectivity index (χ3v) is 5.12. The second-order valence-electron chi connectivity index (χ2n) is 7.12. The van der Waals surface area contributed by atoms with E-state index in [1.165, 1.54) is 6.42 Å². The Morgan fingerprint density at radius 3 is 2.46 bits per heavy atom. The lowest BCUT2D eigenvalue weighted by Gasteiger charge is -2.35. The summed E-state index contributed by atoms with van der Waals surface area (Å²) in [7, 11) is 0. The smallest absolute Gasteiger partial charge is 0.238 e. The maximum atomic E-state index is 12.4. The van der Waals surface area contributed by atoms with Crippen molar-refractivity contribution in [1.29, 1.82) is 0 Å². The van der Waals surface area contributed by atoms with Crippen molar-refractivity contribution in [3.05, 3.63) is 29.3 Å². The van der Waals surface area contributed by atoms with Crippen LogP contribution in [-0.2, 0) is 9.53 Å². The van der Waals surface area contributed by atoms with Gasteiger partial charge in [0.05, 0.1) is 13.2 Å². The SMILES string of the molecule is Cc1cccc(C)c1NC(=O)CN1CCN(C[C@@H]2CCOC2)CC1. The molecule has 0 saturated carbocycles. The molecule has 1 N–H and O–H groups in total. The van der Waals surface area contributed by atoms with Gasteiger partial charge < -0.3 is 15.0 Å². The van der Waals surface area contributed by atoms with Crippen LogP contribution >= 0.6 is 0 Å². The second kappa shape index (κ2) is 8.10. The zero-order chi connectivity index (χ0) is 16.9. The van der Waals surface area contributed by atoms with E-state index < -0.39 is 0 Å². The number of carbonyl (C=O) groups is 1. The topological polar surface area (TPSA) is 44.8 Å². The van der Waals surface area contributed by atoms with Crippen LogP contribution in [0, 0.1) is 19.8 Å². The van der Waals surface area contributed by atoms with Gasteiger partial charge >= 0.3 is 0 Å². The molecule has 2 aliphatic rings. The van der Waals surface area contributed by atoms with E-state index in [1.807, 2.05) is 32.0 Å². The highest BCUT2D eigenvalue weighted by atomic mass is 16.5. The third-order valence-electron chi connectivity index (χ3n) is 5.12. The second-order valence-corrected chi connectivity index (χ2v) is 7.12. The average Bonchev–Trinajstić information content (AvgIpc) is 3.06. The van der Waals surface area contributed by atoms with Crippen LogP contribution < -0.4 is 5.32 Å². The van der Waals surface area contributed by atoms with Gasteiger partial charge in [0.1, 0.15) is 0 Å². The first-order chi connectivity index (χ1) is 11.6. The zero-order valence-corrected chi connectivity index (χ0v) is 14.9. The van der Waals surface area contributed by atoms with E-state index >= 15 is 0 Å². The van der Waals surface area contributed by atoms with Gasteiger partial charge in [-0.25, -0.2) is 0 Å². The number of piperazine rings is 1.